The maximum atomic E-state index is 7.20. The van der Waals surface area contributed by atoms with Gasteiger partial charge >= 0.3 is 0 Å². The van der Waals surface area contributed by atoms with Gasteiger partial charge in [-0.3, -0.25) is 0 Å². The van der Waals surface area contributed by atoms with E-state index in [1.807, 2.05) is 0 Å². The maximum absolute atomic E-state index is 7.20. The molecule has 0 saturated carbocycles. The van der Waals surface area contributed by atoms with Crippen molar-refractivity contribution in [2.45, 2.75) is 115 Å². The molecule has 0 aromatic rings. The number of hydrogen-bond acceptors (Lipinski definition) is 3. The van der Waals surface area contributed by atoms with E-state index in [1.165, 1.54) is 44.2 Å². The Balaban J connectivity index is 2.59. The van der Waals surface area contributed by atoms with E-state index >= 15 is 0 Å². The van der Waals surface area contributed by atoms with Gasteiger partial charge < -0.3 is 7.99 Å². The Morgan fingerprint density at radius 1 is 1.11 bits per heavy atom. The lowest BCUT2D eigenvalue weighted by Crippen LogP contribution is -2.48. The van der Waals surface area contributed by atoms with Crippen molar-refractivity contribution in [3.8, 4) is 0 Å². The largest absolute Gasteiger partial charge is 0.455 e. The van der Waals surface area contributed by atoms with E-state index in [0.717, 1.165) is 28.5 Å². The smallest absolute Gasteiger partial charge is 0.211 e. The quantitative estimate of drug-likeness (QED) is 0.277. The van der Waals surface area contributed by atoms with Crippen molar-refractivity contribution >= 4 is 37.0 Å². The molecule has 2 saturated heterocycles. The molecule has 27 heavy (non-hydrogen) atoms. The van der Waals surface area contributed by atoms with E-state index in [0.29, 0.717) is 0 Å². The Bertz CT molecular complexity index is 490. The van der Waals surface area contributed by atoms with E-state index in [2.05, 4.69) is 60.1 Å². The van der Waals surface area contributed by atoms with Gasteiger partial charge in [0.15, 0.2) is 16.6 Å². The number of rotatable bonds is 8. The van der Waals surface area contributed by atoms with Crippen molar-refractivity contribution in [1.29, 1.82) is 0 Å². The molecule has 0 spiro atoms. The predicted molar refractivity (Wildman–Crippen MR) is 130 cm³/mol. The van der Waals surface area contributed by atoms with Crippen LogP contribution in [0.1, 0.15) is 59.8 Å². The molecule has 0 aromatic carbocycles. The Labute approximate surface area is 177 Å². The summed E-state index contributed by atoms with van der Waals surface area (Å²) in [4.78, 5) is 0. The summed E-state index contributed by atoms with van der Waals surface area (Å²) >= 11 is 1.66. The van der Waals surface area contributed by atoms with Crippen LogP contribution >= 0.6 is 12.0 Å². The monoisotopic (exact) mass is 446 g/mol. The molecule has 160 valence electrons. The number of fused-ring (bicyclic) bond motifs is 1. The normalized spacial score (nSPS) is 40.0. The van der Waals surface area contributed by atoms with Gasteiger partial charge in [0.05, 0.1) is 0 Å². The standard InChI is InChI=1S/C21H46O2SSi3/c1-10-12-14-18(17(3)4)20-21-19(11-2)25(6,7)23-27(21,9)16-13-15-26(20,8)22-24-5/h17-21H,10-16H2,1-9H3. The van der Waals surface area contributed by atoms with Crippen LogP contribution in [0.4, 0.5) is 0 Å². The minimum Gasteiger partial charge on any atom is -0.455 e. The average Bonchev–Trinajstić information content (AvgIpc) is 2.69. The van der Waals surface area contributed by atoms with Crippen molar-refractivity contribution in [3.05, 3.63) is 0 Å². The summed E-state index contributed by atoms with van der Waals surface area (Å²) in [6, 6.07) is 2.72. The van der Waals surface area contributed by atoms with Crippen LogP contribution in [0.5, 0.6) is 0 Å². The zero-order valence-electron chi connectivity index (χ0n) is 19.6. The zero-order valence-corrected chi connectivity index (χ0v) is 23.4. The highest BCUT2D eigenvalue weighted by molar-refractivity contribution is 7.94. The maximum Gasteiger partial charge on any atom is 0.211 e. The highest BCUT2D eigenvalue weighted by Gasteiger charge is 2.65. The van der Waals surface area contributed by atoms with Gasteiger partial charge in [0.25, 0.3) is 0 Å². The molecule has 2 heterocycles. The molecule has 2 nitrogen and oxygen atoms in total. The van der Waals surface area contributed by atoms with Crippen molar-refractivity contribution in [2.24, 2.45) is 11.8 Å². The van der Waals surface area contributed by atoms with E-state index in [-0.39, 0.29) is 0 Å². The summed E-state index contributed by atoms with van der Waals surface area (Å²) in [5.74, 6) is 1.56. The summed E-state index contributed by atoms with van der Waals surface area (Å²) in [6.07, 6.45) is 8.87. The second kappa shape index (κ2) is 9.38. The fraction of sp³-hybridized carbons (Fsp3) is 1.00. The molecule has 0 N–H and O–H groups in total. The first kappa shape index (κ1) is 24.2. The minimum atomic E-state index is -1.81. The molecule has 2 fully saturated rings. The molecule has 0 aromatic heterocycles. The molecule has 2 aliphatic heterocycles. The topological polar surface area (TPSA) is 18.5 Å². The highest BCUT2D eigenvalue weighted by atomic mass is 32.2. The van der Waals surface area contributed by atoms with Gasteiger partial charge in [-0.25, -0.2) is 0 Å². The fourth-order valence-electron chi connectivity index (χ4n) is 6.91. The minimum absolute atomic E-state index is 0.748. The first-order valence-corrected chi connectivity index (χ1v) is 21.0. The molecule has 0 aliphatic carbocycles. The third-order valence-corrected chi connectivity index (χ3v) is 24.3. The van der Waals surface area contributed by atoms with Crippen LogP contribution in [0.15, 0.2) is 0 Å². The molecule has 0 radical (unpaired) electrons. The molecule has 2 aliphatic rings. The van der Waals surface area contributed by atoms with Gasteiger partial charge in [-0.15, -0.1) is 0 Å². The van der Waals surface area contributed by atoms with Gasteiger partial charge in [-0.2, -0.15) is 0 Å². The summed E-state index contributed by atoms with van der Waals surface area (Å²) in [6.45, 7) is 20.0. The van der Waals surface area contributed by atoms with Crippen LogP contribution in [-0.4, -0.2) is 31.2 Å². The fourth-order valence-corrected chi connectivity index (χ4v) is 29.5. The first-order valence-electron chi connectivity index (χ1n) is 11.5. The van der Waals surface area contributed by atoms with Gasteiger partial charge in [0.1, 0.15) is 0 Å². The van der Waals surface area contributed by atoms with E-state index < -0.39 is 25.0 Å². The zero-order chi connectivity index (χ0) is 20.5. The van der Waals surface area contributed by atoms with Gasteiger partial charge in [0, 0.05) is 6.26 Å². The van der Waals surface area contributed by atoms with Crippen molar-refractivity contribution < 1.29 is 7.99 Å². The van der Waals surface area contributed by atoms with Crippen LogP contribution < -0.4 is 0 Å². The molecule has 0 amide bonds. The number of hydrogen-bond donors (Lipinski definition) is 0. The first-order chi connectivity index (χ1) is 12.6. The highest BCUT2D eigenvalue weighted by Crippen LogP contribution is 2.66. The second-order valence-electron chi connectivity index (χ2n) is 10.6. The van der Waals surface area contributed by atoms with Gasteiger partial charge in [-0.05, 0) is 78.8 Å². The summed E-state index contributed by atoms with van der Waals surface area (Å²) in [5, 5.41) is 0. The van der Waals surface area contributed by atoms with E-state index in [4.69, 9.17) is 7.99 Å². The van der Waals surface area contributed by atoms with Crippen LogP contribution in [-0.2, 0) is 7.99 Å². The van der Waals surface area contributed by atoms with Crippen LogP contribution in [0, 0.1) is 11.8 Å². The van der Waals surface area contributed by atoms with Crippen molar-refractivity contribution in [3.63, 3.8) is 0 Å². The molecular weight excluding hydrogens is 401 g/mol. The SMILES string of the molecule is CCCCC(C(C)C)C1C2C(CC)[Si](C)(C)O[Si]2(C)CCC[Si]1(C)OSC. The molecule has 6 heteroatoms. The van der Waals surface area contributed by atoms with Gasteiger partial charge in [0.2, 0.25) is 8.32 Å². The van der Waals surface area contributed by atoms with Crippen molar-refractivity contribution in [2.75, 3.05) is 6.26 Å². The molecule has 6 unspecified atom stereocenters. The molecule has 0 bridgehead atoms. The Kier molecular flexibility index (Phi) is 8.40. The summed E-state index contributed by atoms with van der Waals surface area (Å²) < 4.78 is 13.9. The molecule has 2 rings (SSSR count). The lowest BCUT2D eigenvalue weighted by molar-refractivity contribution is 0.295. The Hall–Kier alpha value is 0.921. The predicted octanol–water partition coefficient (Wildman–Crippen LogP) is 8.05. The molecular formula is C21H46O2SSi3. The number of unbranched alkanes of at least 4 members (excludes halogenated alkanes) is 1. The summed E-state index contributed by atoms with van der Waals surface area (Å²) in [7, 11) is -5.11. The van der Waals surface area contributed by atoms with E-state index in [1.54, 1.807) is 12.0 Å². The van der Waals surface area contributed by atoms with Crippen molar-refractivity contribution in [1.82, 2.24) is 0 Å². The lowest BCUT2D eigenvalue weighted by atomic mass is 9.85. The molecule has 6 atom stereocenters. The van der Waals surface area contributed by atoms with Crippen LogP contribution in [0.2, 0.25) is 54.9 Å². The van der Waals surface area contributed by atoms with Crippen LogP contribution in [0.25, 0.3) is 0 Å². The summed E-state index contributed by atoms with van der Waals surface area (Å²) in [5.41, 5.74) is 2.45. The third-order valence-electron chi connectivity index (χ3n) is 7.89. The van der Waals surface area contributed by atoms with Gasteiger partial charge in [-0.1, -0.05) is 59.8 Å². The Morgan fingerprint density at radius 3 is 2.30 bits per heavy atom. The second-order valence-corrected chi connectivity index (χ2v) is 23.9. The van der Waals surface area contributed by atoms with E-state index in [9.17, 15) is 0 Å². The van der Waals surface area contributed by atoms with Crippen LogP contribution in [0.3, 0.4) is 0 Å². The third kappa shape index (κ3) is 4.82. The lowest BCUT2D eigenvalue weighted by Gasteiger charge is -2.47. The average molecular weight is 447 g/mol. The Morgan fingerprint density at radius 2 is 1.78 bits per heavy atom.